The molecule has 0 aliphatic heterocycles. The van der Waals surface area contributed by atoms with Crippen molar-refractivity contribution in [2.45, 2.75) is 0 Å². The van der Waals surface area contributed by atoms with Gasteiger partial charge in [0.1, 0.15) is 11.5 Å². The van der Waals surface area contributed by atoms with E-state index in [2.05, 4.69) is 0 Å². The molecule has 4 aromatic rings. The van der Waals surface area contributed by atoms with E-state index >= 15 is 0 Å². The first-order valence-electron chi connectivity index (χ1n) is 9.24. The zero-order valence-corrected chi connectivity index (χ0v) is 15.7. The van der Waals surface area contributed by atoms with Gasteiger partial charge >= 0.3 is 0 Å². The number of carbonyl (C=O) groups excluding carboxylic acids is 1. The Hall–Kier alpha value is -4.05. The fourth-order valence-electron chi connectivity index (χ4n) is 3.15. The molecular formula is C25H20N2O2. The minimum Gasteiger partial charge on any atom is -0.454 e. The summed E-state index contributed by atoms with van der Waals surface area (Å²) in [4.78, 5) is 12.9. The molecule has 0 unspecified atom stereocenters. The summed E-state index contributed by atoms with van der Waals surface area (Å²) in [5.41, 5.74) is 16.3. The Kier molecular flexibility index (Phi) is 4.99. The van der Waals surface area contributed by atoms with Crippen molar-refractivity contribution in [2.75, 3.05) is 11.5 Å². The minimum absolute atomic E-state index is 0.101. The molecule has 4 heteroatoms. The number of nitrogen functional groups attached to an aromatic ring is 2. The lowest BCUT2D eigenvalue weighted by atomic mass is 10.0. The number of rotatable bonds is 5. The van der Waals surface area contributed by atoms with Gasteiger partial charge in [0.15, 0.2) is 5.78 Å². The van der Waals surface area contributed by atoms with Crippen LogP contribution in [0.15, 0.2) is 97.1 Å². The molecule has 4 rings (SSSR count). The maximum Gasteiger partial charge on any atom is 0.196 e. The van der Waals surface area contributed by atoms with Gasteiger partial charge in [-0.3, -0.25) is 4.79 Å². The maximum atomic E-state index is 12.9. The Bertz CT molecular complexity index is 1170. The van der Waals surface area contributed by atoms with E-state index in [1.165, 1.54) is 0 Å². The highest BCUT2D eigenvalue weighted by Gasteiger charge is 2.15. The van der Waals surface area contributed by atoms with Crippen LogP contribution in [0.3, 0.4) is 0 Å². The molecule has 0 aliphatic carbocycles. The number of carbonyl (C=O) groups is 1. The van der Waals surface area contributed by atoms with Gasteiger partial charge in [0.05, 0.1) is 11.3 Å². The molecule has 142 valence electrons. The summed E-state index contributed by atoms with van der Waals surface area (Å²) in [6.45, 7) is 0. The van der Waals surface area contributed by atoms with Gasteiger partial charge in [-0.15, -0.1) is 0 Å². The lowest BCUT2D eigenvalue weighted by Crippen LogP contribution is -2.04. The Morgan fingerprint density at radius 2 is 1.38 bits per heavy atom. The molecule has 0 radical (unpaired) electrons. The smallest absolute Gasteiger partial charge is 0.196 e. The van der Waals surface area contributed by atoms with Crippen LogP contribution in [0.25, 0.3) is 11.1 Å². The van der Waals surface area contributed by atoms with Crippen LogP contribution in [0, 0.1) is 0 Å². The number of nitrogens with two attached hydrogens (primary N) is 2. The van der Waals surface area contributed by atoms with Crippen molar-refractivity contribution in [1.29, 1.82) is 0 Å². The third-order valence-corrected chi connectivity index (χ3v) is 4.62. The van der Waals surface area contributed by atoms with Crippen molar-refractivity contribution in [3.63, 3.8) is 0 Å². The molecule has 4 N–H and O–H groups in total. The standard InChI is InChI=1S/C25H20N2O2/c26-20-10-6-9-18(15-20)19-13-14-24(22(27)16-19)29-23-12-5-4-11-21(23)25(28)17-7-2-1-3-8-17/h1-16H,26-27H2. The van der Waals surface area contributed by atoms with E-state index in [0.29, 0.717) is 34.0 Å². The Balaban J connectivity index is 1.64. The summed E-state index contributed by atoms with van der Waals surface area (Å²) in [5, 5.41) is 0. The van der Waals surface area contributed by atoms with Crippen molar-refractivity contribution in [3.8, 4) is 22.6 Å². The molecule has 0 heterocycles. The molecule has 0 amide bonds. The third-order valence-electron chi connectivity index (χ3n) is 4.62. The monoisotopic (exact) mass is 380 g/mol. The first-order chi connectivity index (χ1) is 14.1. The molecular weight excluding hydrogens is 360 g/mol. The zero-order valence-electron chi connectivity index (χ0n) is 15.7. The molecule has 4 aromatic carbocycles. The molecule has 0 bridgehead atoms. The van der Waals surface area contributed by atoms with Gasteiger partial charge in [-0.05, 0) is 47.5 Å². The Labute approximate surface area is 169 Å². The summed E-state index contributed by atoms with van der Waals surface area (Å²) in [7, 11) is 0. The van der Waals surface area contributed by atoms with Crippen molar-refractivity contribution >= 4 is 17.2 Å². The van der Waals surface area contributed by atoms with Crippen LogP contribution in [-0.2, 0) is 0 Å². The fraction of sp³-hybridized carbons (Fsp3) is 0. The van der Waals surface area contributed by atoms with E-state index in [-0.39, 0.29) is 5.78 Å². The second-order valence-electron chi connectivity index (χ2n) is 6.67. The second kappa shape index (κ2) is 7.90. The van der Waals surface area contributed by atoms with E-state index in [1.807, 2.05) is 66.7 Å². The van der Waals surface area contributed by atoms with Crippen LogP contribution < -0.4 is 16.2 Å². The van der Waals surface area contributed by atoms with E-state index < -0.39 is 0 Å². The Morgan fingerprint density at radius 3 is 2.14 bits per heavy atom. The van der Waals surface area contributed by atoms with Crippen LogP contribution >= 0.6 is 0 Å². The van der Waals surface area contributed by atoms with E-state index in [1.54, 1.807) is 30.3 Å². The van der Waals surface area contributed by atoms with E-state index in [9.17, 15) is 4.79 Å². The number of ether oxygens (including phenoxy) is 1. The molecule has 0 atom stereocenters. The highest BCUT2D eigenvalue weighted by atomic mass is 16.5. The van der Waals surface area contributed by atoms with Gasteiger partial charge < -0.3 is 16.2 Å². The molecule has 0 aromatic heterocycles. The van der Waals surface area contributed by atoms with Gasteiger partial charge in [0, 0.05) is 11.3 Å². The summed E-state index contributed by atoms with van der Waals surface area (Å²) in [6, 6.07) is 29.4. The highest BCUT2D eigenvalue weighted by Crippen LogP contribution is 2.34. The quantitative estimate of drug-likeness (QED) is 0.352. The number of hydrogen-bond acceptors (Lipinski definition) is 4. The van der Waals surface area contributed by atoms with Crippen molar-refractivity contribution in [3.05, 3.63) is 108 Å². The van der Waals surface area contributed by atoms with E-state index in [4.69, 9.17) is 16.2 Å². The van der Waals surface area contributed by atoms with Crippen LogP contribution in [0.2, 0.25) is 0 Å². The highest BCUT2D eigenvalue weighted by molar-refractivity contribution is 6.10. The Morgan fingerprint density at radius 1 is 0.655 bits per heavy atom. The van der Waals surface area contributed by atoms with Gasteiger partial charge in [0.25, 0.3) is 0 Å². The van der Waals surface area contributed by atoms with Crippen molar-refractivity contribution < 1.29 is 9.53 Å². The number of ketones is 1. The lowest BCUT2D eigenvalue weighted by molar-refractivity contribution is 0.103. The summed E-state index contributed by atoms with van der Waals surface area (Å²) in [5.74, 6) is 0.854. The van der Waals surface area contributed by atoms with Crippen LogP contribution in [0.4, 0.5) is 11.4 Å². The van der Waals surface area contributed by atoms with Crippen molar-refractivity contribution in [2.24, 2.45) is 0 Å². The first kappa shape index (κ1) is 18.3. The van der Waals surface area contributed by atoms with Gasteiger partial charge in [-0.1, -0.05) is 60.7 Å². The minimum atomic E-state index is -0.101. The number of hydrogen-bond donors (Lipinski definition) is 2. The van der Waals surface area contributed by atoms with E-state index in [0.717, 1.165) is 11.1 Å². The lowest BCUT2D eigenvalue weighted by Gasteiger charge is -2.13. The average Bonchev–Trinajstić information content (AvgIpc) is 2.75. The molecule has 4 nitrogen and oxygen atoms in total. The SMILES string of the molecule is Nc1cccc(-c2ccc(Oc3ccccc3C(=O)c3ccccc3)c(N)c2)c1. The second-order valence-corrected chi connectivity index (χ2v) is 6.67. The predicted molar refractivity (Wildman–Crippen MR) is 117 cm³/mol. The first-order valence-corrected chi connectivity index (χ1v) is 9.24. The van der Waals surface area contributed by atoms with Crippen LogP contribution in [0.1, 0.15) is 15.9 Å². The number of benzene rings is 4. The summed E-state index contributed by atoms with van der Waals surface area (Å²) >= 11 is 0. The molecule has 0 saturated heterocycles. The maximum absolute atomic E-state index is 12.9. The molecule has 0 spiro atoms. The summed E-state index contributed by atoms with van der Waals surface area (Å²) < 4.78 is 6.03. The van der Waals surface area contributed by atoms with Gasteiger partial charge in [0.2, 0.25) is 0 Å². The van der Waals surface area contributed by atoms with Crippen LogP contribution in [-0.4, -0.2) is 5.78 Å². The topological polar surface area (TPSA) is 78.3 Å². The number of anilines is 2. The molecule has 29 heavy (non-hydrogen) atoms. The molecule has 0 saturated carbocycles. The zero-order chi connectivity index (χ0) is 20.2. The average molecular weight is 380 g/mol. The fourth-order valence-corrected chi connectivity index (χ4v) is 3.15. The number of para-hydroxylation sites is 1. The molecule has 0 aliphatic rings. The van der Waals surface area contributed by atoms with Gasteiger partial charge in [-0.25, -0.2) is 0 Å². The third kappa shape index (κ3) is 3.96. The van der Waals surface area contributed by atoms with Crippen LogP contribution in [0.5, 0.6) is 11.5 Å². The van der Waals surface area contributed by atoms with Gasteiger partial charge in [-0.2, -0.15) is 0 Å². The normalized spacial score (nSPS) is 10.5. The summed E-state index contributed by atoms with van der Waals surface area (Å²) in [6.07, 6.45) is 0. The largest absolute Gasteiger partial charge is 0.454 e. The molecule has 0 fully saturated rings. The van der Waals surface area contributed by atoms with Crippen molar-refractivity contribution in [1.82, 2.24) is 0 Å². The predicted octanol–water partition coefficient (Wildman–Crippen LogP) is 5.54.